The molecule has 1 atom stereocenters. The van der Waals surface area contributed by atoms with E-state index in [0.29, 0.717) is 29.6 Å². The molecular formula is C13H15N5O4. The summed E-state index contributed by atoms with van der Waals surface area (Å²) in [4.78, 5) is 12.4. The van der Waals surface area contributed by atoms with E-state index in [1.54, 1.807) is 26.2 Å². The van der Waals surface area contributed by atoms with Crippen LogP contribution in [0.5, 0.6) is 0 Å². The number of methoxy groups -OCH3 is 1. The monoisotopic (exact) mass is 305 g/mol. The fourth-order valence-corrected chi connectivity index (χ4v) is 2.28. The summed E-state index contributed by atoms with van der Waals surface area (Å²) in [5.41, 5.74) is 1.01. The maximum atomic E-state index is 12.4. The lowest BCUT2D eigenvalue weighted by Gasteiger charge is -2.25. The topological polar surface area (TPSA) is 104 Å². The zero-order valence-electron chi connectivity index (χ0n) is 12.1. The van der Waals surface area contributed by atoms with Crippen molar-refractivity contribution in [1.29, 1.82) is 0 Å². The molecule has 0 bridgehead atoms. The number of fused-ring (bicyclic) bond motifs is 1. The molecule has 2 aromatic heterocycles. The quantitative estimate of drug-likeness (QED) is 0.637. The lowest BCUT2D eigenvalue weighted by molar-refractivity contribution is -0.140. The lowest BCUT2D eigenvalue weighted by Crippen LogP contribution is -2.29. The summed E-state index contributed by atoms with van der Waals surface area (Å²) in [6.45, 7) is 2.26. The van der Waals surface area contributed by atoms with Crippen LogP contribution in [0.3, 0.4) is 0 Å². The molecule has 1 N–H and O–H groups in total. The minimum atomic E-state index is -0.573. The molecule has 1 unspecified atom stereocenters. The van der Waals surface area contributed by atoms with Gasteiger partial charge in [0.2, 0.25) is 5.95 Å². The molecule has 9 nitrogen and oxygen atoms in total. The fraction of sp³-hybridized carbons (Fsp3) is 0.385. The molecule has 3 rings (SSSR count). The van der Waals surface area contributed by atoms with Crippen molar-refractivity contribution in [2.75, 3.05) is 25.6 Å². The Morgan fingerprint density at radius 3 is 3.09 bits per heavy atom. The Morgan fingerprint density at radius 1 is 1.50 bits per heavy atom. The van der Waals surface area contributed by atoms with Gasteiger partial charge in [0.15, 0.2) is 0 Å². The number of rotatable bonds is 5. The van der Waals surface area contributed by atoms with Crippen molar-refractivity contribution in [3.8, 4) is 0 Å². The zero-order valence-corrected chi connectivity index (χ0v) is 12.1. The van der Waals surface area contributed by atoms with Gasteiger partial charge in [0, 0.05) is 12.8 Å². The molecule has 3 heterocycles. The highest BCUT2D eigenvalue weighted by Crippen LogP contribution is 2.34. The van der Waals surface area contributed by atoms with Gasteiger partial charge in [-0.2, -0.15) is 4.68 Å². The predicted octanol–water partition coefficient (Wildman–Crippen LogP) is 0.745. The molecule has 0 amide bonds. The van der Waals surface area contributed by atoms with E-state index in [9.17, 15) is 4.79 Å². The number of ether oxygens (including phenoxy) is 2. The van der Waals surface area contributed by atoms with Crippen LogP contribution in [-0.2, 0) is 14.3 Å². The SMILES string of the molecule is COCCOC(=O)C1=C(C)Nc2nnnn2C1c1ccco1. The normalized spacial score (nSPS) is 17.1. The Kier molecular flexibility index (Phi) is 3.88. The second-order valence-corrected chi connectivity index (χ2v) is 4.66. The molecule has 0 spiro atoms. The Morgan fingerprint density at radius 2 is 2.36 bits per heavy atom. The fourth-order valence-electron chi connectivity index (χ4n) is 2.28. The first-order valence-electron chi connectivity index (χ1n) is 6.67. The maximum Gasteiger partial charge on any atom is 0.338 e. The van der Waals surface area contributed by atoms with Crippen molar-refractivity contribution in [3.63, 3.8) is 0 Å². The molecule has 0 fully saturated rings. The number of carbonyl (C=O) groups excluding carboxylic acids is 1. The van der Waals surface area contributed by atoms with Crippen molar-refractivity contribution in [1.82, 2.24) is 20.2 Å². The van der Waals surface area contributed by atoms with E-state index in [1.807, 2.05) is 0 Å². The second kappa shape index (κ2) is 5.98. The highest BCUT2D eigenvalue weighted by molar-refractivity contribution is 5.92. The van der Waals surface area contributed by atoms with Crippen molar-refractivity contribution < 1.29 is 18.7 Å². The van der Waals surface area contributed by atoms with E-state index in [-0.39, 0.29) is 6.61 Å². The summed E-state index contributed by atoms with van der Waals surface area (Å²) in [6.07, 6.45) is 1.53. The van der Waals surface area contributed by atoms with Gasteiger partial charge in [-0.05, 0) is 29.5 Å². The molecule has 0 saturated heterocycles. The molecule has 1 aliphatic rings. The lowest BCUT2D eigenvalue weighted by atomic mass is 10.0. The van der Waals surface area contributed by atoms with Crippen LogP contribution in [0.4, 0.5) is 5.95 Å². The molecular weight excluding hydrogens is 290 g/mol. The molecule has 0 aliphatic carbocycles. The number of allylic oxidation sites excluding steroid dienone is 1. The third-order valence-electron chi connectivity index (χ3n) is 3.27. The Hall–Kier alpha value is -2.68. The van der Waals surface area contributed by atoms with Crippen molar-refractivity contribution in [2.24, 2.45) is 0 Å². The average molecular weight is 305 g/mol. The van der Waals surface area contributed by atoms with Crippen molar-refractivity contribution >= 4 is 11.9 Å². The first-order chi connectivity index (χ1) is 10.7. The molecule has 0 saturated carbocycles. The summed E-state index contributed by atoms with van der Waals surface area (Å²) in [5.74, 6) is 0.519. The number of esters is 1. The molecule has 0 radical (unpaired) electrons. The maximum absolute atomic E-state index is 12.4. The van der Waals surface area contributed by atoms with E-state index in [4.69, 9.17) is 13.9 Å². The number of tetrazole rings is 1. The van der Waals surface area contributed by atoms with Crippen LogP contribution in [0.1, 0.15) is 18.7 Å². The van der Waals surface area contributed by atoms with E-state index < -0.39 is 12.0 Å². The first kappa shape index (κ1) is 14.3. The van der Waals surface area contributed by atoms with Gasteiger partial charge in [0.05, 0.1) is 18.4 Å². The number of nitrogens with one attached hydrogen (secondary N) is 1. The van der Waals surface area contributed by atoms with Crippen molar-refractivity contribution in [3.05, 3.63) is 35.4 Å². The smallest absolute Gasteiger partial charge is 0.338 e. The van der Waals surface area contributed by atoms with E-state index in [0.717, 1.165) is 0 Å². The molecule has 1 aliphatic heterocycles. The van der Waals surface area contributed by atoms with Crippen LogP contribution in [-0.4, -0.2) is 46.5 Å². The second-order valence-electron chi connectivity index (χ2n) is 4.66. The van der Waals surface area contributed by atoms with Crippen molar-refractivity contribution in [2.45, 2.75) is 13.0 Å². The van der Waals surface area contributed by atoms with Crippen LogP contribution >= 0.6 is 0 Å². The van der Waals surface area contributed by atoms with Gasteiger partial charge < -0.3 is 19.2 Å². The van der Waals surface area contributed by atoms with E-state index >= 15 is 0 Å². The van der Waals surface area contributed by atoms with Crippen LogP contribution in [0.15, 0.2) is 34.1 Å². The third kappa shape index (κ3) is 2.46. The molecule has 0 aromatic carbocycles. The Labute approximate surface area is 125 Å². The van der Waals surface area contributed by atoms with Crippen LogP contribution < -0.4 is 5.32 Å². The van der Waals surface area contributed by atoms with Gasteiger partial charge in [-0.1, -0.05) is 5.10 Å². The number of furan rings is 1. The minimum Gasteiger partial charge on any atom is -0.467 e. The average Bonchev–Trinajstić information content (AvgIpc) is 3.16. The highest BCUT2D eigenvalue weighted by atomic mass is 16.6. The largest absolute Gasteiger partial charge is 0.467 e. The molecule has 9 heteroatoms. The van der Waals surface area contributed by atoms with E-state index in [1.165, 1.54) is 10.9 Å². The summed E-state index contributed by atoms with van der Waals surface area (Å²) in [6, 6.07) is 2.93. The van der Waals surface area contributed by atoms with Gasteiger partial charge in [0.25, 0.3) is 0 Å². The minimum absolute atomic E-state index is 0.166. The van der Waals surface area contributed by atoms with Gasteiger partial charge in [-0.3, -0.25) is 0 Å². The first-order valence-corrected chi connectivity index (χ1v) is 6.67. The summed E-state index contributed by atoms with van der Waals surface area (Å²) >= 11 is 0. The van der Waals surface area contributed by atoms with E-state index in [2.05, 4.69) is 20.8 Å². The highest BCUT2D eigenvalue weighted by Gasteiger charge is 2.36. The number of aromatic nitrogens is 4. The third-order valence-corrected chi connectivity index (χ3v) is 3.27. The standard InChI is InChI=1S/C13H15N5O4/c1-8-10(12(19)22-7-6-20-2)11(9-4-3-5-21-9)18-13(14-8)15-16-17-18/h3-5,11H,6-7H2,1-2H3,(H,14,15,17). The zero-order chi connectivity index (χ0) is 15.5. The predicted molar refractivity (Wildman–Crippen MR) is 73.8 cm³/mol. The van der Waals surface area contributed by atoms with Gasteiger partial charge in [0.1, 0.15) is 18.4 Å². The van der Waals surface area contributed by atoms with Crippen LogP contribution in [0, 0.1) is 0 Å². The summed E-state index contributed by atoms with van der Waals surface area (Å²) in [5, 5.41) is 14.4. The number of nitrogens with zero attached hydrogens (tertiary/aromatic N) is 4. The molecule has 116 valence electrons. The number of hydrogen-bond acceptors (Lipinski definition) is 8. The number of anilines is 1. The molecule has 22 heavy (non-hydrogen) atoms. The van der Waals surface area contributed by atoms with Gasteiger partial charge in [-0.25, -0.2) is 4.79 Å². The summed E-state index contributed by atoms with van der Waals surface area (Å²) < 4.78 is 17.0. The molecule has 2 aromatic rings. The number of carbonyl (C=O) groups is 1. The Balaban J connectivity index is 1.96. The van der Waals surface area contributed by atoms with Crippen LogP contribution in [0.25, 0.3) is 0 Å². The summed E-state index contributed by atoms with van der Waals surface area (Å²) in [7, 11) is 1.54. The van der Waals surface area contributed by atoms with Crippen LogP contribution in [0.2, 0.25) is 0 Å². The number of hydrogen-bond donors (Lipinski definition) is 1. The van der Waals surface area contributed by atoms with Gasteiger partial charge in [-0.15, -0.1) is 0 Å². The van der Waals surface area contributed by atoms with Gasteiger partial charge >= 0.3 is 5.97 Å². The Bertz CT molecular complexity index is 691.